The third-order valence-electron chi connectivity index (χ3n) is 9.77. The molecule has 0 radical (unpaired) electrons. The summed E-state index contributed by atoms with van der Waals surface area (Å²) in [5.41, 5.74) is 11.3. The predicted octanol–water partition coefficient (Wildman–Crippen LogP) is 12.2. The van der Waals surface area contributed by atoms with E-state index in [0.29, 0.717) is 23.3 Å². The van der Waals surface area contributed by atoms with Crippen LogP contribution < -0.4 is 0 Å². The van der Waals surface area contributed by atoms with Crippen molar-refractivity contribution in [3.8, 4) is 79.2 Å². The van der Waals surface area contributed by atoms with Gasteiger partial charge in [-0.25, -0.2) is 24.9 Å². The Morgan fingerprint density at radius 3 is 1.22 bits per heavy atom. The Morgan fingerprint density at radius 2 is 0.673 bits per heavy atom. The van der Waals surface area contributed by atoms with Gasteiger partial charge in [-0.1, -0.05) is 152 Å². The molecule has 10 rings (SSSR count). The van der Waals surface area contributed by atoms with E-state index in [1.54, 1.807) is 0 Å². The predicted molar refractivity (Wildman–Crippen MR) is 221 cm³/mol. The van der Waals surface area contributed by atoms with Crippen molar-refractivity contribution in [3.05, 3.63) is 188 Å². The van der Waals surface area contributed by atoms with Gasteiger partial charge in [0, 0.05) is 44.2 Å². The molecule has 0 aliphatic carbocycles. The van der Waals surface area contributed by atoms with Crippen molar-refractivity contribution < 1.29 is 4.42 Å². The van der Waals surface area contributed by atoms with Crippen molar-refractivity contribution in [2.75, 3.05) is 0 Å². The highest BCUT2D eigenvalue weighted by Gasteiger charge is 2.16. The van der Waals surface area contributed by atoms with E-state index in [1.165, 1.54) is 0 Å². The van der Waals surface area contributed by atoms with E-state index >= 15 is 0 Å². The number of hydrogen-bond acceptors (Lipinski definition) is 6. The zero-order valence-electron chi connectivity index (χ0n) is 29.5. The molecule has 0 fully saturated rings. The molecule has 55 heavy (non-hydrogen) atoms. The minimum absolute atomic E-state index is 0.606. The number of benzene rings is 7. The fraction of sp³-hybridized carbons (Fsp3) is 0. The van der Waals surface area contributed by atoms with Crippen molar-refractivity contribution in [1.29, 1.82) is 0 Å². The Balaban J connectivity index is 0.994. The zero-order chi connectivity index (χ0) is 36.6. The molecule has 0 aliphatic heterocycles. The number of aromatic nitrogens is 5. The molecule has 0 atom stereocenters. The Labute approximate surface area is 317 Å². The van der Waals surface area contributed by atoms with Crippen LogP contribution >= 0.6 is 0 Å². The molecule has 0 saturated carbocycles. The molecule has 0 aliphatic rings. The standard InChI is InChI=1S/C49H31N5O/c1-5-13-33(14-6-1)42-31-43(34-15-7-2-8-16-34)51-46(50-42)37-23-21-32(22-24-37)38-25-27-40-41-29-39(26-28-44(41)55-45(40)30-38)49-53-47(35-17-9-3-10-18-35)52-48(54-49)36-19-11-4-12-20-36/h1-31H. The molecule has 0 unspecified atom stereocenters. The van der Waals surface area contributed by atoms with E-state index in [-0.39, 0.29) is 0 Å². The molecule has 0 N–H and O–H groups in total. The Morgan fingerprint density at radius 1 is 0.255 bits per heavy atom. The van der Waals surface area contributed by atoms with Gasteiger partial charge >= 0.3 is 0 Å². The number of furan rings is 1. The van der Waals surface area contributed by atoms with E-state index in [9.17, 15) is 0 Å². The van der Waals surface area contributed by atoms with Gasteiger partial charge in [0.1, 0.15) is 11.2 Å². The van der Waals surface area contributed by atoms with Crippen molar-refractivity contribution in [2.24, 2.45) is 0 Å². The van der Waals surface area contributed by atoms with E-state index in [0.717, 1.165) is 77.8 Å². The SMILES string of the molecule is c1ccc(-c2cc(-c3ccccc3)nc(-c3ccc(-c4ccc5c(c4)oc4ccc(-c6nc(-c7ccccc7)nc(-c7ccccc7)n6)cc45)cc3)n2)cc1. The molecule has 10 aromatic rings. The fourth-order valence-electron chi connectivity index (χ4n) is 6.94. The third-order valence-corrected chi connectivity index (χ3v) is 9.77. The van der Waals surface area contributed by atoms with Crippen molar-refractivity contribution in [3.63, 3.8) is 0 Å². The van der Waals surface area contributed by atoms with Crippen LogP contribution in [0.4, 0.5) is 0 Å². The number of rotatable bonds is 7. The Bertz CT molecular complexity index is 2830. The first kappa shape index (κ1) is 32.1. The van der Waals surface area contributed by atoms with Crippen LogP contribution in [-0.4, -0.2) is 24.9 Å². The number of hydrogen-bond donors (Lipinski definition) is 0. The van der Waals surface area contributed by atoms with Crippen LogP contribution in [0.3, 0.4) is 0 Å². The lowest BCUT2D eigenvalue weighted by atomic mass is 10.0. The molecule has 0 bridgehead atoms. The maximum absolute atomic E-state index is 6.42. The maximum atomic E-state index is 6.42. The largest absolute Gasteiger partial charge is 0.456 e. The second-order valence-electron chi connectivity index (χ2n) is 13.3. The van der Waals surface area contributed by atoms with Crippen LogP contribution in [0.1, 0.15) is 0 Å². The molecule has 6 nitrogen and oxygen atoms in total. The minimum Gasteiger partial charge on any atom is -0.456 e. The average Bonchev–Trinajstić information content (AvgIpc) is 3.64. The second kappa shape index (κ2) is 13.8. The molecule has 0 saturated heterocycles. The van der Waals surface area contributed by atoms with Crippen molar-refractivity contribution in [2.45, 2.75) is 0 Å². The van der Waals surface area contributed by atoms with Gasteiger partial charge in [0.25, 0.3) is 0 Å². The summed E-state index contributed by atoms with van der Waals surface area (Å²) in [5.74, 6) is 2.55. The van der Waals surface area contributed by atoms with E-state index in [2.05, 4.69) is 78.9 Å². The zero-order valence-corrected chi connectivity index (χ0v) is 29.5. The molecule has 258 valence electrons. The fourth-order valence-corrected chi connectivity index (χ4v) is 6.94. The highest BCUT2D eigenvalue weighted by molar-refractivity contribution is 6.07. The van der Waals surface area contributed by atoms with Gasteiger partial charge in [-0.3, -0.25) is 0 Å². The van der Waals surface area contributed by atoms with Gasteiger partial charge in [-0.15, -0.1) is 0 Å². The summed E-state index contributed by atoms with van der Waals surface area (Å²) in [6.45, 7) is 0. The normalized spacial score (nSPS) is 11.3. The summed E-state index contributed by atoms with van der Waals surface area (Å²) in [6, 6.07) is 63.5. The lowest BCUT2D eigenvalue weighted by Gasteiger charge is -2.10. The topological polar surface area (TPSA) is 77.6 Å². The summed E-state index contributed by atoms with van der Waals surface area (Å²) in [5, 5.41) is 2.03. The molecular formula is C49H31N5O. The summed E-state index contributed by atoms with van der Waals surface area (Å²) < 4.78 is 6.42. The van der Waals surface area contributed by atoms with Crippen LogP contribution in [0.15, 0.2) is 192 Å². The molecule has 0 amide bonds. The third kappa shape index (κ3) is 6.32. The summed E-state index contributed by atoms with van der Waals surface area (Å²) in [7, 11) is 0. The highest BCUT2D eigenvalue weighted by Crippen LogP contribution is 2.36. The van der Waals surface area contributed by atoms with Crippen LogP contribution in [0.5, 0.6) is 0 Å². The lowest BCUT2D eigenvalue weighted by molar-refractivity contribution is 0.669. The number of fused-ring (bicyclic) bond motifs is 3. The Kier molecular flexibility index (Phi) is 8.04. The molecule has 0 spiro atoms. The Hall–Kier alpha value is -7.57. The van der Waals surface area contributed by atoms with E-state index in [1.807, 2.05) is 109 Å². The molecule has 6 heteroatoms. The van der Waals surface area contributed by atoms with Gasteiger partial charge < -0.3 is 4.42 Å². The summed E-state index contributed by atoms with van der Waals surface area (Å²) >= 11 is 0. The van der Waals surface area contributed by atoms with Crippen LogP contribution in [0.2, 0.25) is 0 Å². The second-order valence-corrected chi connectivity index (χ2v) is 13.3. The first-order valence-corrected chi connectivity index (χ1v) is 18.2. The van der Waals surface area contributed by atoms with E-state index in [4.69, 9.17) is 29.3 Å². The average molecular weight is 706 g/mol. The molecule has 3 heterocycles. The van der Waals surface area contributed by atoms with Gasteiger partial charge in [-0.05, 0) is 47.5 Å². The van der Waals surface area contributed by atoms with Gasteiger partial charge in [0.2, 0.25) is 0 Å². The van der Waals surface area contributed by atoms with Gasteiger partial charge in [0.15, 0.2) is 23.3 Å². The van der Waals surface area contributed by atoms with Crippen LogP contribution in [-0.2, 0) is 0 Å². The molecular weight excluding hydrogens is 675 g/mol. The summed E-state index contributed by atoms with van der Waals surface area (Å²) in [4.78, 5) is 24.7. The smallest absolute Gasteiger partial charge is 0.164 e. The molecule has 3 aromatic heterocycles. The van der Waals surface area contributed by atoms with Gasteiger partial charge in [-0.2, -0.15) is 0 Å². The van der Waals surface area contributed by atoms with Crippen LogP contribution in [0.25, 0.3) is 101 Å². The summed E-state index contributed by atoms with van der Waals surface area (Å²) in [6.07, 6.45) is 0. The van der Waals surface area contributed by atoms with Crippen molar-refractivity contribution in [1.82, 2.24) is 24.9 Å². The quantitative estimate of drug-likeness (QED) is 0.164. The monoisotopic (exact) mass is 705 g/mol. The number of nitrogens with zero attached hydrogens (tertiary/aromatic N) is 5. The lowest BCUT2D eigenvalue weighted by Crippen LogP contribution is -2.00. The first-order chi connectivity index (χ1) is 27.2. The van der Waals surface area contributed by atoms with E-state index < -0.39 is 0 Å². The maximum Gasteiger partial charge on any atom is 0.164 e. The minimum atomic E-state index is 0.606. The highest BCUT2D eigenvalue weighted by atomic mass is 16.3. The first-order valence-electron chi connectivity index (χ1n) is 18.2. The van der Waals surface area contributed by atoms with Crippen LogP contribution in [0, 0.1) is 0 Å². The van der Waals surface area contributed by atoms with Crippen molar-refractivity contribution >= 4 is 21.9 Å². The van der Waals surface area contributed by atoms with Gasteiger partial charge in [0.05, 0.1) is 11.4 Å². The molecule has 7 aromatic carbocycles.